The molecule has 1 saturated heterocycles. The van der Waals surface area contributed by atoms with E-state index >= 15 is 0 Å². The van der Waals surface area contributed by atoms with E-state index in [0.717, 1.165) is 12.8 Å². The van der Waals surface area contributed by atoms with E-state index in [9.17, 15) is 14.7 Å². The smallest absolute Gasteiger partial charge is 0.225 e. The molecule has 2 aliphatic rings. The van der Waals surface area contributed by atoms with E-state index in [0.29, 0.717) is 13.1 Å². The van der Waals surface area contributed by atoms with Crippen LogP contribution in [-0.2, 0) is 9.59 Å². The molecule has 4 rings (SSSR count). The van der Waals surface area contributed by atoms with Crippen molar-refractivity contribution in [2.75, 3.05) is 19.7 Å². The summed E-state index contributed by atoms with van der Waals surface area (Å²) < 4.78 is 0. The summed E-state index contributed by atoms with van der Waals surface area (Å²) in [7, 11) is 0. The largest absolute Gasteiger partial charge is 0.394 e. The average Bonchev–Trinajstić information content (AvgIpc) is 3.00. The van der Waals surface area contributed by atoms with E-state index in [1.165, 1.54) is 33.4 Å². The molecule has 5 heteroatoms. The van der Waals surface area contributed by atoms with Gasteiger partial charge in [-0.05, 0) is 40.7 Å². The van der Waals surface area contributed by atoms with E-state index < -0.39 is 11.5 Å². The third kappa shape index (κ3) is 5.91. The van der Waals surface area contributed by atoms with Crippen LogP contribution in [-0.4, -0.2) is 47.6 Å². The second-order valence-corrected chi connectivity index (χ2v) is 10.2. The van der Waals surface area contributed by atoms with Crippen LogP contribution in [0.4, 0.5) is 0 Å². The maximum absolute atomic E-state index is 13.0. The summed E-state index contributed by atoms with van der Waals surface area (Å²) in [6.07, 6.45) is 6.09. The molecule has 1 aliphatic heterocycles. The van der Waals surface area contributed by atoms with Gasteiger partial charge in [-0.3, -0.25) is 9.59 Å². The van der Waals surface area contributed by atoms with E-state index in [4.69, 9.17) is 0 Å². The highest BCUT2D eigenvalue weighted by atomic mass is 16.3. The van der Waals surface area contributed by atoms with Crippen LogP contribution in [0.5, 0.6) is 0 Å². The number of carbonyl (C=O) groups is 2. The molecule has 0 bridgehead atoms. The number of likely N-dealkylation sites (tertiary alicyclic amines) is 1. The molecule has 0 aromatic heterocycles. The molecule has 1 fully saturated rings. The Kier molecular flexibility index (Phi) is 8.34. The lowest BCUT2D eigenvalue weighted by Gasteiger charge is -2.32. The number of nitrogens with one attached hydrogen (secondary N) is 1. The maximum atomic E-state index is 13.0. The Balaban J connectivity index is 0.00000342. The summed E-state index contributed by atoms with van der Waals surface area (Å²) in [6, 6.07) is 16.4. The maximum Gasteiger partial charge on any atom is 0.225 e. The fraction of sp³-hybridized carbons (Fsp3) is 0.400. The molecule has 1 heterocycles. The van der Waals surface area contributed by atoms with Gasteiger partial charge in [0.1, 0.15) is 0 Å². The van der Waals surface area contributed by atoms with E-state index in [-0.39, 0.29) is 32.3 Å². The van der Waals surface area contributed by atoms with Gasteiger partial charge in [0, 0.05) is 24.9 Å². The number of aliphatic hydroxyl groups excluding tert-OH is 1. The van der Waals surface area contributed by atoms with Gasteiger partial charge in [-0.1, -0.05) is 94.5 Å². The van der Waals surface area contributed by atoms with E-state index in [2.05, 4.69) is 66.0 Å². The van der Waals surface area contributed by atoms with Crippen LogP contribution in [0.15, 0.2) is 54.1 Å². The highest BCUT2D eigenvalue weighted by Gasteiger charge is 2.28. The third-order valence-corrected chi connectivity index (χ3v) is 6.63. The summed E-state index contributed by atoms with van der Waals surface area (Å²) in [5.41, 5.74) is 6.98. The first-order valence-corrected chi connectivity index (χ1v) is 12.1. The van der Waals surface area contributed by atoms with Gasteiger partial charge in [-0.15, -0.1) is 0 Å². The second-order valence-electron chi connectivity index (χ2n) is 10.2. The molecular weight excluding hydrogens is 436 g/mol. The van der Waals surface area contributed by atoms with Crippen LogP contribution in [0.2, 0.25) is 0 Å². The first-order chi connectivity index (χ1) is 16.3. The SMILES string of the molecule is C.CC(C)(C)C(=O)N[C@@H](CO)CC(=O)N1CCC(=C2c3ccccc3C=Cc3ccccc32)CC1. The Morgan fingerprint density at radius 1 is 0.943 bits per heavy atom. The molecular formula is C30H38N2O3. The first-order valence-electron chi connectivity index (χ1n) is 12.1. The van der Waals surface area contributed by atoms with Crippen LogP contribution in [0.3, 0.4) is 0 Å². The summed E-state index contributed by atoms with van der Waals surface area (Å²) in [4.78, 5) is 27.1. The van der Waals surface area contributed by atoms with Crippen LogP contribution in [0.1, 0.15) is 69.7 Å². The number of carbonyl (C=O) groups excluding carboxylic acids is 2. The molecule has 1 aliphatic carbocycles. The lowest BCUT2D eigenvalue weighted by Crippen LogP contribution is -2.47. The zero-order valence-corrected chi connectivity index (χ0v) is 20.3. The minimum atomic E-state index is -0.567. The molecule has 5 nitrogen and oxygen atoms in total. The molecule has 1 atom stereocenters. The van der Waals surface area contributed by atoms with Crippen LogP contribution >= 0.6 is 0 Å². The predicted molar refractivity (Wildman–Crippen MR) is 143 cm³/mol. The van der Waals surface area contributed by atoms with Gasteiger partial charge >= 0.3 is 0 Å². The number of aliphatic hydroxyl groups is 1. The van der Waals surface area contributed by atoms with Gasteiger partial charge in [0.15, 0.2) is 0 Å². The molecule has 0 unspecified atom stereocenters. The van der Waals surface area contributed by atoms with Gasteiger partial charge < -0.3 is 15.3 Å². The first kappa shape index (κ1) is 26.4. The molecule has 0 radical (unpaired) electrons. The molecule has 2 aromatic rings. The molecule has 186 valence electrons. The summed E-state index contributed by atoms with van der Waals surface area (Å²) in [6.45, 7) is 6.48. The molecule has 0 spiro atoms. The van der Waals surface area contributed by atoms with Crippen molar-refractivity contribution in [3.8, 4) is 0 Å². The van der Waals surface area contributed by atoms with Crippen molar-refractivity contribution in [1.82, 2.24) is 10.2 Å². The van der Waals surface area contributed by atoms with Crippen LogP contribution in [0, 0.1) is 5.41 Å². The Bertz CT molecular complexity index is 1080. The van der Waals surface area contributed by atoms with Crippen molar-refractivity contribution < 1.29 is 14.7 Å². The van der Waals surface area contributed by atoms with Gasteiger partial charge in [0.2, 0.25) is 11.8 Å². The fourth-order valence-corrected chi connectivity index (χ4v) is 4.62. The van der Waals surface area contributed by atoms with E-state index in [1.54, 1.807) is 0 Å². The quantitative estimate of drug-likeness (QED) is 0.550. The van der Waals surface area contributed by atoms with Crippen molar-refractivity contribution in [1.29, 1.82) is 0 Å². The van der Waals surface area contributed by atoms with Crippen molar-refractivity contribution in [2.24, 2.45) is 5.41 Å². The minimum absolute atomic E-state index is 0. The van der Waals surface area contributed by atoms with Gasteiger partial charge in [0.25, 0.3) is 0 Å². The number of hydrogen-bond acceptors (Lipinski definition) is 3. The van der Waals surface area contributed by atoms with Crippen molar-refractivity contribution in [2.45, 2.75) is 53.5 Å². The van der Waals surface area contributed by atoms with Gasteiger partial charge in [-0.2, -0.15) is 0 Å². The number of nitrogens with zero attached hydrogens (tertiary/aromatic N) is 1. The number of amides is 2. The summed E-state index contributed by atoms with van der Waals surface area (Å²) in [5.74, 6) is -0.190. The Hall–Kier alpha value is -3.18. The highest BCUT2D eigenvalue weighted by molar-refractivity contribution is 5.95. The lowest BCUT2D eigenvalue weighted by molar-refractivity contribution is -0.133. The third-order valence-electron chi connectivity index (χ3n) is 6.63. The molecule has 35 heavy (non-hydrogen) atoms. The van der Waals surface area contributed by atoms with Gasteiger partial charge in [0.05, 0.1) is 12.6 Å². The summed E-state index contributed by atoms with van der Waals surface area (Å²) >= 11 is 0. The molecule has 2 aromatic carbocycles. The Morgan fingerprint density at radius 3 is 1.94 bits per heavy atom. The van der Waals surface area contributed by atoms with Crippen LogP contribution < -0.4 is 5.32 Å². The number of piperidine rings is 1. The van der Waals surface area contributed by atoms with Crippen molar-refractivity contribution in [3.05, 3.63) is 76.4 Å². The summed E-state index contributed by atoms with van der Waals surface area (Å²) in [5, 5.41) is 12.5. The highest BCUT2D eigenvalue weighted by Crippen LogP contribution is 2.38. The monoisotopic (exact) mass is 474 g/mol. The number of fused-ring (bicyclic) bond motifs is 2. The normalized spacial score (nSPS) is 15.9. The Morgan fingerprint density at radius 2 is 1.46 bits per heavy atom. The molecule has 0 saturated carbocycles. The predicted octanol–water partition coefficient (Wildman–Crippen LogP) is 5.14. The molecule has 2 amide bonds. The van der Waals surface area contributed by atoms with Gasteiger partial charge in [-0.25, -0.2) is 0 Å². The van der Waals surface area contributed by atoms with Crippen LogP contribution in [0.25, 0.3) is 17.7 Å². The fourth-order valence-electron chi connectivity index (χ4n) is 4.62. The zero-order chi connectivity index (χ0) is 24.3. The lowest BCUT2D eigenvalue weighted by atomic mass is 9.86. The zero-order valence-electron chi connectivity index (χ0n) is 20.3. The number of rotatable bonds is 4. The Labute approximate surface area is 209 Å². The number of hydrogen-bond donors (Lipinski definition) is 2. The minimum Gasteiger partial charge on any atom is -0.394 e. The standard InChI is InChI=1S/C29H34N2O3.CH4/c1-29(2,3)28(34)30-23(19-32)18-26(33)31-16-14-22(15-17-31)27-24-10-6-4-8-20(24)12-13-21-9-5-7-11-25(21)27;/h4-13,23,32H,14-19H2,1-3H3,(H,30,34);1H4/t23-;/m1./s1. The van der Waals surface area contributed by atoms with Crippen molar-refractivity contribution >= 4 is 29.5 Å². The topological polar surface area (TPSA) is 69.6 Å². The van der Waals surface area contributed by atoms with Crippen molar-refractivity contribution in [3.63, 3.8) is 0 Å². The average molecular weight is 475 g/mol. The van der Waals surface area contributed by atoms with E-state index in [1.807, 2.05) is 25.7 Å². The number of benzene rings is 2. The molecule has 2 N–H and O–H groups in total. The second kappa shape index (κ2) is 11.0.